The number of hydrogen-bond donors (Lipinski definition) is 3. The molecule has 1 saturated carbocycles. The Hall–Kier alpha value is -3.13. The average molecular weight is 543 g/mol. The number of nitrogens with one attached hydrogen (secondary N) is 2. The number of aromatic nitrogens is 4. The number of imidazole rings is 1. The van der Waals surface area contributed by atoms with E-state index in [2.05, 4.69) is 28.6 Å². The van der Waals surface area contributed by atoms with Gasteiger partial charge in [0, 0.05) is 24.6 Å². The summed E-state index contributed by atoms with van der Waals surface area (Å²) < 4.78 is 7.60. The maximum absolute atomic E-state index is 11.8. The van der Waals surface area contributed by atoms with Crippen LogP contribution < -0.4 is 16.4 Å². The van der Waals surface area contributed by atoms with Gasteiger partial charge in [0.25, 0.3) is 0 Å². The van der Waals surface area contributed by atoms with Gasteiger partial charge in [0.2, 0.25) is 17.8 Å². The van der Waals surface area contributed by atoms with E-state index in [-0.39, 0.29) is 23.9 Å². The zero-order valence-corrected chi connectivity index (χ0v) is 21.9. The number of benzene rings is 1. The molecule has 4 N–H and O–H groups in total. The maximum Gasteiger partial charge on any atom is 0.224 e. The number of fused-ring (bicyclic) bond motifs is 1. The van der Waals surface area contributed by atoms with E-state index in [1.165, 1.54) is 0 Å². The predicted molar refractivity (Wildman–Crippen MR) is 142 cm³/mol. The third-order valence-electron chi connectivity index (χ3n) is 7.26. The van der Waals surface area contributed by atoms with Crippen LogP contribution in [0.2, 0.25) is 10.0 Å². The predicted octanol–water partition coefficient (Wildman–Crippen LogP) is 4.80. The summed E-state index contributed by atoms with van der Waals surface area (Å²) >= 11 is 12.9. The summed E-state index contributed by atoms with van der Waals surface area (Å²) in [5.41, 5.74) is 7.67. The van der Waals surface area contributed by atoms with E-state index < -0.39 is 0 Å². The van der Waals surface area contributed by atoms with Crippen LogP contribution in [-0.2, 0) is 9.53 Å². The Balaban J connectivity index is 1.53. The number of halogens is 2. The van der Waals surface area contributed by atoms with Gasteiger partial charge in [-0.15, -0.1) is 0 Å². The third kappa shape index (κ3) is 5.30. The quantitative estimate of drug-likeness (QED) is 0.402. The highest BCUT2D eigenvalue weighted by atomic mass is 35.5. The number of carbonyl (C=O) groups excluding carboxylic acids is 1. The summed E-state index contributed by atoms with van der Waals surface area (Å²) in [7, 11) is 0. The molecule has 1 unspecified atom stereocenters. The lowest BCUT2D eigenvalue weighted by molar-refractivity contribution is -0.122. The van der Waals surface area contributed by atoms with Crippen molar-refractivity contribution in [2.45, 2.75) is 51.1 Å². The monoisotopic (exact) mass is 542 g/mol. The fraction of sp³-hybridized carbons (Fsp3) is 0.480. The molecular weight excluding hydrogens is 515 g/mol. The molecule has 3 aromatic rings. The molecule has 2 fully saturated rings. The molecule has 1 saturated heterocycles. The van der Waals surface area contributed by atoms with Crippen molar-refractivity contribution in [2.24, 2.45) is 17.6 Å². The van der Waals surface area contributed by atoms with Gasteiger partial charge in [0.05, 0.1) is 40.2 Å². The second kappa shape index (κ2) is 10.7. The topological polar surface area (TPSA) is 144 Å². The first kappa shape index (κ1) is 25.5. The van der Waals surface area contributed by atoms with Crippen molar-refractivity contribution in [3.05, 3.63) is 33.9 Å². The molecule has 1 amide bonds. The van der Waals surface area contributed by atoms with Crippen LogP contribution in [0.25, 0.3) is 11.2 Å². The summed E-state index contributed by atoms with van der Waals surface area (Å²) in [6, 6.07) is 5.40. The van der Waals surface area contributed by atoms with Crippen LogP contribution >= 0.6 is 23.2 Å². The van der Waals surface area contributed by atoms with E-state index in [1.54, 1.807) is 18.3 Å². The van der Waals surface area contributed by atoms with Gasteiger partial charge >= 0.3 is 0 Å². The molecule has 2 atom stereocenters. The number of carbonyl (C=O) groups is 1. The van der Waals surface area contributed by atoms with Gasteiger partial charge in [-0.3, -0.25) is 9.36 Å². The van der Waals surface area contributed by atoms with Crippen molar-refractivity contribution in [1.29, 1.82) is 5.26 Å². The fourth-order valence-electron chi connectivity index (χ4n) is 5.14. The summed E-state index contributed by atoms with van der Waals surface area (Å²) in [4.78, 5) is 25.9. The molecule has 0 bridgehead atoms. The van der Waals surface area contributed by atoms with Crippen LogP contribution in [0.5, 0.6) is 0 Å². The van der Waals surface area contributed by atoms with E-state index in [0.29, 0.717) is 76.3 Å². The summed E-state index contributed by atoms with van der Waals surface area (Å²) in [6.07, 6.45) is 5.44. The van der Waals surface area contributed by atoms with E-state index >= 15 is 0 Å². The minimum atomic E-state index is -0.261. The van der Waals surface area contributed by atoms with Crippen molar-refractivity contribution < 1.29 is 9.53 Å². The second-order valence-electron chi connectivity index (χ2n) is 9.76. The Bertz CT molecular complexity index is 1340. The van der Waals surface area contributed by atoms with E-state index in [9.17, 15) is 10.1 Å². The minimum Gasteiger partial charge on any atom is -0.381 e. The zero-order chi connectivity index (χ0) is 26.1. The number of primary amides is 1. The normalized spacial score (nSPS) is 23.9. The Kier molecular flexibility index (Phi) is 7.38. The number of nitrogens with two attached hydrogens (primary N) is 1. The first-order valence-corrected chi connectivity index (χ1v) is 13.1. The van der Waals surface area contributed by atoms with Crippen LogP contribution in [0.15, 0.2) is 18.3 Å². The molecule has 2 aliphatic rings. The lowest BCUT2D eigenvalue weighted by Crippen LogP contribution is -2.36. The first-order valence-electron chi connectivity index (χ1n) is 12.4. The first-order chi connectivity index (χ1) is 17.8. The van der Waals surface area contributed by atoms with Crippen LogP contribution in [-0.4, -0.2) is 44.7 Å². The SMILES string of the molecule is C[C@H]1COCCC1Nc1ncc2nc(Nc3c(Cl)cc(C#N)cc3Cl)n(C3CCC(C(N)=O)CC3)c2n1. The number of rotatable bonds is 6. The summed E-state index contributed by atoms with van der Waals surface area (Å²) in [6.45, 7) is 3.54. The Morgan fingerprint density at radius 2 is 1.92 bits per heavy atom. The van der Waals surface area contributed by atoms with Gasteiger partial charge in [-0.05, 0) is 50.2 Å². The molecule has 194 valence electrons. The molecule has 0 spiro atoms. The van der Waals surface area contributed by atoms with Crippen LogP contribution in [0.4, 0.5) is 17.6 Å². The largest absolute Gasteiger partial charge is 0.381 e. The molecule has 2 aromatic heterocycles. The highest BCUT2D eigenvalue weighted by Gasteiger charge is 2.30. The highest BCUT2D eigenvalue weighted by molar-refractivity contribution is 6.39. The average Bonchev–Trinajstić information content (AvgIpc) is 3.24. The van der Waals surface area contributed by atoms with Gasteiger partial charge in [-0.25, -0.2) is 9.97 Å². The van der Waals surface area contributed by atoms with Crippen molar-refractivity contribution in [3.8, 4) is 6.07 Å². The van der Waals surface area contributed by atoms with Gasteiger partial charge < -0.3 is 21.1 Å². The number of hydrogen-bond acceptors (Lipinski definition) is 8. The van der Waals surface area contributed by atoms with Crippen molar-refractivity contribution >= 4 is 57.9 Å². The molecule has 1 aromatic carbocycles. The summed E-state index contributed by atoms with van der Waals surface area (Å²) in [5.74, 6) is 0.977. The molecule has 0 radical (unpaired) electrons. The summed E-state index contributed by atoms with van der Waals surface area (Å²) in [5, 5.41) is 16.6. The molecule has 1 aliphatic carbocycles. The molecule has 1 aliphatic heterocycles. The molecular formula is C25H28Cl2N8O2. The lowest BCUT2D eigenvalue weighted by atomic mass is 9.85. The van der Waals surface area contributed by atoms with Gasteiger partial charge in [-0.1, -0.05) is 30.1 Å². The zero-order valence-electron chi connectivity index (χ0n) is 20.4. The Morgan fingerprint density at radius 3 is 2.57 bits per heavy atom. The standard InChI is InChI=1S/C25H28Cl2N8O2/c1-13-12-37-7-6-19(13)31-24-30-11-20-23(34-24)35(16-4-2-15(3-5-16)22(29)36)25(32-20)33-21-17(26)8-14(10-28)9-18(21)27/h8-9,11,13,15-16,19H,2-7,12H2,1H3,(H2,29,36)(H,32,33)(H,30,31,34)/t13-,15?,16?,19?/m0/s1. The molecule has 12 heteroatoms. The number of anilines is 3. The molecule has 37 heavy (non-hydrogen) atoms. The van der Waals surface area contributed by atoms with Crippen LogP contribution in [0, 0.1) is 23.2 Å². The second-order valence-corrected chi connectivity index (χ2v) is 10.6. The number of amides is 1. The van der Waals surface area contributed by atoms with Crippen LogP contribution in [0.1, 0.15) is 50.6 Å². The number of ether oxygens (including phenoxy) is 1. The lowest BCUT2D eigenvalue weighted by Gasteiger charge is -2.30. The van der Waals surface area contributed by atoms with Gasteiger partial charge in [-0.2, -0.15) is 10.2 Å². The van der Waals surface area contributed by atoms with Crippen LogP contribution in [0.3, 0.4) is 0 Å². The van der Waals surface area contributed by atoms with Crippen molar-refractivity contribution in [2.75, 3.05) is 23.8 Å². The molecule has 5 rings (SSSR count). The maximum atomic E-state index is 11.8. The van der Waals surface area contributed by atoms with E-state index in [0.717, 1.165) is 19.3 Å². The Morgan fingerprint density at radius 1 is 1.19 bits per heavy atom. The fourth-order valence-corrected chi connectivity index (χ4v) is 5.72. The van der Waals surface area contributed by atoms with Crippen molar-refractivity contribution in [1.82, 2.24) is 19.5 Å². The molecule has 10 nitrogen and oxygen atoms in total. The van der Waals surface area contributed by atoms with Gasteiger partial charge in [0.1, 0.15) is 5.52 Å². The number of nitrogens with zero attached hydrogens (tertiary/aromatic N) is 5. The van der Waals surface area contributed by atoms with Crippen molar-refractivity contribution in [3.63, 3.8) is 0 Å². The third-order valence-corrected chi connectivity index (χ3v) is 7.86. The molecule has 3 heterocycles. The smallest absolute Gasteiger partial charge is 0.224 e. The highest BCUT2D eigenvalue weighted by Crippen LogP contribution is 2.39. The number of nitriles is 1. The van der Waals surface area contributed by atoms with Gasteiger partial charge in [0.15, 0.2) is 5.65 Å². The van der Waals surface area contributed by atoms with E-state index in [1.807, 2.05) is 4.57 Å². The Labute approximate surface area is 224 Å². The van der Waals surface area contributed by atoms with E-state index in [4.69, 9.17) is 43.6 Å². The minimum absolute atomic E-state index is 0.0313.